The van der Waals surface area contributed by atoms with Crippen molar-refractivity contribution in [3.63, 3.8) is 0 Å². The lowest BCUT2D eigenvalue weighted by Gasteiger charge is -2.24. The topological polar surface area (TPSA) is 69.2 Å². The fourth-order valence-corrected chi connectivity index (χ4v) is 3.30. The van der Waals surface area contributed by atoms with Crippen LogP contribution in [0.5, 0.6) is 0 Å². The minimum absolute atomic E-state index is 0.00330. The lowest BCUT2D eigenvalue weighted by atomic mass is 10.2. The Bertz CT molecular complexity index is 690. The lowest BCUT2D eigenvalue weighted by molar-refractivity contribution is 0.151. The molecule has 0 aromatic carbocycles. The van der Waals surface area contributed by atoms with Gasteiger partial charge < -0.3 is 10.1 Å². The van der Waals surface area contributed by atoms with Crippen LogP contribution in [0.1, 0.15) is 42.6 Å². The molecular formula is C15H23N3O2S. The van der Waals surface area contributed by atoms with Crippen LogP contribution >= 0.6 is 11.3 Å². The number of aromatic nitrogens is 2. The van der Waals surface area contributed by atoms with E-state index in [0.29, 0.717) is 17.6 Å². The van der Waals surface area contributed by atoms with Gasteiger partial charge >= 0.3 is 0 Å². The van der Waals surface area contributed by atoms with E-state index in [1.165, 1.54) is 0 Å². The van der Waals surface area contributed by atoms with E-state index in [4.69, 9.17) is 0 Å². The summed E-state index contributed by atoms with van der Waals surface area (Å²) in [6.07, 6.45) is 0.376. The Morgan fingerprint density at radius 1 is 1.38 bits per heavy atom. The molecule has 2 rings (SSSR count). The number of fused-ring (bicyclic) bond motifs is 1. The average Bonchev–Trinajstić information content (AvgIpc) is 2.70. The molecule has 0 aliphatic rings. The predicted molar refractivity (Wildman–Crippen MR) is 87.1 cm³/mol. The molecule has 0 saturated heterocycles. The minimum Gasteiger partial charge on any atom is -0.393 e. The van der Waals surface area contributed by atoms with Crippen molar-refractivity contribution in [1.82, 2.24) is 14.9 Å². The molecule has 116 valence electrons. The van der Waals surface area contributed by atoms with Crippen molar-refractivity contribution in [3.8, 4) is 0 Å². The summed E-state index contributed by atoms with van der Waals surface area (Å²) in [7, 11) is 1.97. The van der Waals surface area contributed by atoms with Gasteiger partial charge in [-0.25, -0.2) is 4.98 Å². The summed E-state index contributed by atoms with van der Waals surface area (Å²) in [6.45, 7) is 8.52. The number of aliphatic hydroxyl groups excluding tert-OH is 1. The van der Waals surface area contributed by atoms with E-state index < -0.39 is 0 Å². The molecule has 0 radical (unpaired) electrons. The Balaban J connectivity index is 2.32. The van der Waals surface area contributed by atoms with Gasteiger partial charge in [-0.2, -0.15) is 0 Å². The first-order valence-corrected chi connectivity index (χ1v) is 8.01. The molecule has 0 amide bonds. The molecule has 0 bridgehead atoms. The van der Waals surface area contributed by atoms with Crippen molar-refractivity contribution < 1.29 is 5.11 Å². The van der Waals surface area contributed by atoms with Gasteiger partial charge in [-0.15, -0.1) is 11.3 Å². The summed E-state index contributed by atoms with van der Waals surface area (Å²) in [5, 5.41) is 10.1. The Labute approximate surface area is 128 Å². The number of nitrogens with one attached hydrogen (secondary N) is 1. The van der Waals surface area contributed by atoms with E-state index in [1.54, 1.807) is 18.3 Å². The monoisotopic (exact) mass is 309 g/mol. The molecule has 6 heteroatoms. The number of aryl methyl sites for hydroxylation is 2. The second-order valence-electron chi connectivity index (χ2n) is 5.71. The van der Waals surface area contributed by atoms with Gasteiger partial charge in [-0.05, 0) is 46.7 Å². The molecule has 0 saturated carbocycles. The van der Waals surface area contributed by atoms with Crippen molar-refractivity contribution in [2.45, 2.75) is 46.3 Å². The third kappa shape index (κ3) is 3.33. The zero-order chi connectivity index (χ0) is 15.7. The van der Waals surface area contributed by atoms with Gasteiger partial charge in [0.25, 0.3) is 5.56 Å². The molecule has 0 fully saturated rings. The molecule has 0 aliphatic carbocycles. The quantitative estimate of drug-likeness (QED) is 0.889. The standard InChI is InChI=1S/C15H23N3O2S/c1-8(19)6-7-18(5)10(3)13-16-14(20)12-9(2)11(4)21-15(12)17-13/h8,10,19H,6-7H2,1-5H3,(H,16,17,20). The molecule has 21 heavy (non-hydrogen) atoms. The van der Waals surface area contributed by atoms with E-state index in [1.807, 2.05) is 27.8 Å². The number of hydrogen-bond donors (Lipinski definition) is 2. The maximum Gasteiger partial charge on any atom is 0.259 e. The number of H-pyrrole nitrogens is 1. The molecule has 5 nitrogen and oxygen atoms in total. The summed E-state index contributed by atoms with van der Waals surface area (Å²) in [6, 6.07) is 0.00330. The zero-order valence-corrected chi connectivity index (χ0v) is 14.0. The van der Waals surface area contributed by atoms with Crippen LogP contribution in [-0.2, 0) is 0 Å². The molecule has 2 unspecified atom stereocenters. The summed E-state index contributed by atoms with van der Waals surface area (Å²) in [5.74, 6) is 0.682. The minimum atomic E-state index is -0.322. The number of thiophene rings is 1. The summed E-state index contributed by atoms with van der Waals surface area (Å²) in [4.78, 5) is 23.8. The number of nitrogens with zero attached hydrogens (tertiary/aromatic N) is 2. The van der Waals surface area contributed by atoms with Crippen LogP contribution in [0, 0.1) is 13.8 Å². The molecule has 0 spiro atoms. The summed E-state index contributed by atoms with van der Waals surface area (Å²) in [5.41, 5.74) is 0.957. The molecular weight excluding hydrogens is 286 g/mol. The first kappa shape index (κ1) is 16.1. The van der Waals surface area contributed by atoms with E-state index in [2.05, 4.69) is 14.9 Å². The van der Waals surface area contributed by atoms with Gasteiger partial charge in [0.15, 0.2) is 0 Å². The predicted octanol–water partition coefficient (Wildman–Crippen LogP) is 2.37. The number of aliphatic hydroxyl groups is 1. The molecule has 2 atom stereocenters. The van der Waals surface area contributed by atoms with Gasteiger partial charge in [0.1, 0.15) is 10.7 Å². The molecule has 2 N–H and O–H groups in total. The normalized spacial score (nSPS) is 14.8. The van der Waals surface area contributed by atoms with Crippen LogP contribution in [0.4, 0.5) is 0 Å². The van der Waals surface area contributed by atoms with Gasteiger partial charge in [0.2, 0.25) is 0 Å². The summed E-state index contributed by atoms with van der Waals surface area (Å²) < 4.78 is 0. The van der Waals surface area contributed by atoms with Crippen LogP contribution in [0.3, 0.4) is 0 Å². The Hall–Kier alpha value is -1.24. The van der Waals surface area contributed by atoms with Gasteiger partial charge in [-0.1, -0.05) is 0 Å². The van der Waals surface area contributed by atoms with Gasteiger partial charge in [0, 0.05) is 11.4 Å². The van der Waals surface area contributed by atoms with Crippen molar-refractivity contribution in [2.75, 3.05) is 13.6 Å². The van der Waals surface area contributed by atoms with Crippen LogP contribution in [0.15, 0.2) is 4.79 Å². The van der Waals surface area contributed by atoms with Crippen LogP contribution in [-0.4, -0.2) is 39.7 Å². The Morgan fingerprint density at radius 2 is 2.05 bits per heavy atom. The van der Waals surface area contributed by atoms with Gasteiger partial charge in [-0.3, -0.25) is 9.69 Å². The fourth-order valence-electron chi connectivity index (χ4n) is 2.26. The van der Waals surface area contributed by atoms with E-state index in [-0.39, 0.29) is 17.7 Å². The smallest absolute Gasteiger partial charge is 0.259 e. The highest BCUT2D eigenvalue weighted by Gasteiger charge is 2.18. The zero-order valence-electron chi connectivity index (χ0n) is 13.2. The second kappa shape index (κ2) is 6.25. The molecule has 0 aliphatic heterocycles. The second-order valence-corrected chi connectivity index (χ2v) is 6.91. The van der Waals surface area contributed by atoms with Gasteiger partial charge in [0.05, 0.1) is 17.5 Å². The van der Waals surface area contributed by atoms with Crippen LogP contribution in [0.25, 0.3) is 10.2 Å². The number of rotatable bonds is 5. The maximum atomic E-state index is 12.3. The van der Waals surface area contributed by atoms with Crippen molar-refractivity contribution >= 4 is 21.6 Å². The van der Waals surface area contributed by atoms with Crippen molar-refractivity contribution in [1.29, 1.82) is 0 Å². The van der Waals surface area contributed by atoms with Crippen LogP contribution in [0.2, 0.25) is 0 Å². The third-order valence-electron chi connectivity index (χ3n) is 4.01. The Kier molecular flexibility index (Phi) is 4.81. The van der Waals surface area contributed by atoms with Crippen molar-refractivity contribution in [2.24, 2.45) is 0 Å². The van der Waals surface area contributed by atoms with Crippen LogP contribution < -0.4 is 5.56 Å². The molecule has 2 heterocycles. The van der Waals surface area contributed by atoms with E-state index >= 15 is 0 Å². The van der Waals surface area contributed by atoms with E-state index in [0.717, 1.165) is 21.8 Å². The molecule has 2 aromatic rings. The van der Waals surface area contributed by atoms with Crippen molar-refractivity contribution in [3.05, 3.63) is 26.6 Å². The first-order chi connectivity index (χ1) is 9.81. The SMILES string of the molecule is Cc1sc2nc(C(C)N(C)CCC(C)O)[nH]c(=O)c2c1C. The highest BCUT2D eigenvalue weighted by Crippen LogP contribution is 2.27. The highest BCUT2D eigenvalue weighted by atomic mass is 32.1. The Morgan fingerprint density at radius 3 is 2.67 bits per heavy atom. The summed E-state index contributed by atoms with van der Waals surface area (Å²) >= 11 is 1.56. The third-order valence-corrected chi connectivity index (χ3v) is 5.11. The average molecular weight is 309 g/mol. The lowest BCUT2D eigenvalue weighted by Crippen LogP contribution is -2.28. The number of hydrogen-bond acceptors (Lipinski definition) is 5. The number of aromatic amines is 1. The molecule has 2 aromatic heterocycles. The highest BCUT2D eigenvalue weighted by molar-refractivity contribution is 7.18. The largest absolute Gasteiger partial charge is 0.393 e. The maximum absolute atomic E-state index is 12.3. The first-order valence-electron chi connectivity index (χ1n) is 7.19. The van der Waals surface area contributed by atoms with E-state index in [9.17, 15) is 9.90 Å². The fraction of sp³-hybridized carbons (Fsp3) is 0.600.